The van der Waals surface area contributed by atoms with Crippen LogP contribution in [0.25, 0.3) is 0 Å². The largest absolute Gasteiger partial charge is 0.469 e. The molecule has 5 nitrogen and oxygen atoms in total. The molecule has 0 atom stereocenters. The number of esters is 1. The Morgan fingerprint density at radius 2 is 1.50 bits per heavy atom. The lowest BCUT2D eigenvalue weighted by molar-refractivity contribution is -0.143. The van der Waals surface area contributed by atoms with Crippen molar-refractivity contribution in [2.75, 3.05) is 33.8 Å². The van der Waals surface area contributed by atoms with Gasteiger partial charge >= 0.3 is 5.97 Å². The molecule has 0 saturated carbocycles. The van der Waals surface area contributed by atoms with Gasteiger partial charge in [0.15, 0.2) is 0 Å². The van der Waals surface area contributed by atoms with Gasteiger partial charge in [-0.2, -0.15) is 0 Å². The van der Waals surface area contributed by atoms with Gasteiger partial charge in [-0.15, -0.1) is 0 Å². The molecule has 0 rings (SSSR count). The Balaban J connectivity index is 4.67. The van der Waals surface area contributed by atoms with Crippen LogP contribution in [-0.2, 0) is 14.3 Å². The fraction of sp³-hybridized carbons (Fsp3) is 0.882. The first-order valence-corrected chi connectivity index (χ1v) is 7.97. The van der Waals surface area contributed by atoms with Crippen LogP contribution in [0, 0.1) is 5.41 Å². The molecule has 0 fully saturated rings. The molecule has 0 aliphatic heterocycles. The van der Waals surface area contributed by atoms with Crippen molar-refractivity contribution in [2.45, 2.75) is 59.9 Å². The summed E-state index contributed by atoms with van der Waals surface area (Å²) in [5, 5.41) is 0. The Kier molecular flexibility index (Phi) is 8.09. The third-order valence-corrected chi connectivity index (χ3v) is 3.82. The van der Waals surface area contributed by atoms with Crippen molar-refractivity contribution in [1.29, 1.82) is 0 Å². The van der Waals surface area contributed by atoms with E-state index in [1.165, 1.54) is 7.11 Å². The average Bonchev–Trinajstić information content (AvgIpc) is 2.38. The molecule has 0 N–H and O–H groups in total. The van der Waals surface area contributed by atoms with Crippen LogP contribution < -0.4 is 0 Å². The van der Waals surface area contributed by atoms with Crippen molar-refractivity contribution >= 4 is 11.9 Å². The maximum atomic E-state index is 12.6. The van der Waals surface area contributed by atoms with Crippen LogP contribution in [0.1, 0.15) is 54.4 Å². The van der Waals surface area contributed by atoms with Crippen molar-refractivity contribution in [3.8, 4) is 0 Å². The summed E-state index contributed by atoms with van der Waals surface area (Å²) in [5.74, 6) is -0.102. The maximum Gasteiger partial charge on any atom is 0.305 e. The fourth-order valence-corrected chi connectivity index (χ4v) is 1.91. The van der Waals surface area contributed by atoms with Gasteiger partial charge in [0, 0.05) is 37.0 Å². The van der Waals surface area contributed by atoms with Gasteiger partial charge in [-0.25, -0.2) is 0 Å². The Hall–Kier alpha value is -1.10. The molecule has 22 heavy (non-hydrogen) atoms. The summed E-state index contributed by atoms with van der Waals surface area (Å²) < 4.78 is 4.65. The van der Waals surface area contributed by atoms with Crippen molar-refractivity contribution in [2.24, 2.45) is 5.41 Å². The van der Waals surface area contributed by atoms with E-state index in [1.54, 1.807) is 0 Å². The zero-order chi connectivity index (χ0) is 17.6. The Labute approximate surface area is 136 Å². The molecule has 0 aromatic carbocycles. The number of hydrogen-bond donors (Lipinski definition) is 0. The highest BCUT2D eigenvalue weighted by molar-refractivity contribution is 5.81. The van der Waals surface area contributed by atoms with E-state index in [9.17, 15) is 9.59 Å². The molecular formula is C17H34N2O3. The number of hydrogen-bond acceptors (Lipinski definition) is 4. The van der Waals surface area contributed by atoms with Crippen LogP contribution in [0.5, 0.6) is 0 Å². The van der Waals surface area contributed by atoms with Gasteiger partial charge in [0.2, 0.25) is 5.91 Å². The predicted molar refractivity (Wildman–Crippen MR) is 89.7 cm³/mol. The lowest BCUT2D eigenvalue weighted by Crippen LogP contribution is -2.47. The van der Waals surface area contributed by atoms with E-state index >= 15 is 0 Å². The van der Waals surface area contributed by atoms with Crippen LogP contribution in [0.3, 0.4) is 0 Å². The minimum atomic E-state index is -0.411. The van der Waals surface area contributed by atoms with E-state index in [1.807, 2.05) is 25.7 Å². The molecule has 0 heterocycles. The average molecular weight is 314 g/mol. The maximum absolute atomic E-state index is 12.6. The van der Waals surface area contributed by atoms with E-state index in [0.717, 1.165) is 6.54 Å². The van der Waals surface area contributed by atoms with Gasteiger partial charge in [-0.3, -0.25) is 14.5 Å². The zero-order valence-corrected chi connectivity index (χ0v) is 15.7. The molecule has 0 unspecified atom stereocenters. The molecule has 0 aliphatic carbocycles. The summed E-state index contributed by atoms with van der Waals surface area (Å²) in [4.78, 5) is 27.9. The second-order valence-electron chi connectivity index (χ2n) is 7.81. The first-order valence-electron chi connectivity index (χ1n) is 7.97. The molecule has 0 aromatic heterocycles. The summed E-state index contributed by atoms with van der Waals surface area (Å²) in [6.45, 7) is 14.3. The number of nitrogens with zero attached hydrogens (tertiary/aromatic N) is 2. The lowest BCUT2D eigenvalue weighted by atomic mass is 9.94. The van der Waals surface area contributed by atoms with E-state index in [0.29, 0.717) is 25.9 Å². The van der Waals surface area contributed by atoms with Gasteiger partial charge in [-0.05, 0) is 34.2 Å². The zero-order valence-electron chi connectivity index (χ0n) is 15.7. The normalized spacial score (nSPS) is 12.4. The number of rotatable bonds is 7. The standard InChI is InChI=1S/C17H34N2O3/c1-16(2,3)15(21)19(11-9-10-14(20)22-8)13-12-18(7)17(4,5)6/h9-13H2,1-8H3. The molecule has 0 aliphatic rings. The van der Waals surface area contributed by atoms with Crippen molar-refractivity contribution in [3.63, 3.8) is 0 Å². The number of amides is 1. The molecular weight excluding hydrogens is 280 g/mol. The van der Waals surface area contributed by atoms with Crippen molar-refractivity contribution < 1.29 is 14.3 Å². The quantitative estimate of drug-likeness (QED) is 0.678. The SMILES string of the molecule is COC(=O)CCCN(CCN(C)C(C)(C)C)C(=O)C(C)(C)C. The van der Waals surface area contributed by atoms with E-state index < -0.39 is 5.41 Å². The summed E-state index contributed by atoms with van der Waals surface area (Å²) in [5.41, 5.74) is -0.339. The third kappa shape index (κ3) is 7.78. The molecule has 0 radical (unpaired) electrons. The van der Waals surface area contributed by atoms with E-state index in [-0.39, 0.29) is 17.4 Å². The Morgan fingerprint density at radius 3 is 1.91 bits per heavy atom. The van der Waals surface area contributed by atoms with Crippen molar-refractivity contribution in [1.82, 2.24) is 9.80 Å². The van der Waals surface area contributed by atoms with Gasteiger partial charge < -0.3 is 9.64 Å². The smallest absolute Gasteiger partial charge is 0.305 e. The topological polar surface area (TPSA) is 49.9 Å². The van der Waals surface area contributed by atoms with Crippen molar-refractivity contribution in [3.05, 3.63) is 0 Å². The minimum absolute atomic E-state index is 0.0719. The number of likely N-dealkylation sites (N-methyl/N-ethyl adjacent to an activating group) is 1. The summed E-state index contributed by atoms with van der Waals surface area (Å²) >= 11 is 0. The van der Waals surface area contributed by atoms with Crippen LogP contribution in [0.4, 0.5) is 0 Å². The summed E-state index contributed by atoms with van der Waals surface area (Å²) in [6.07, 6.45) is 0.979. The Bertz CT molecular complexity index is 367. The first kappa shape index (κ1) is 20.9. The van der Waals surface area contributed by atoms with Crippen LogP contribution in [0.15, 0.2) is 0 Å². The molecule has 0 bridgehead atoms. The highest BCUT2D eigenvalue weighted by Gasteiger charge is 2.28. The van der Waals surface area contributed by atoms with Gasteiger partial charge in [0.1, 0.15) is 0 Å². The second-order valence-corrected chi connectivity index (χ2v) is 7.81. The van der Waals surface area contributed by atoms with Gasteiger partial charge in [-0.1, -0.05) is 20.8 Å². The van der Waals surface area contributed by atoms with E-state index in [4.69, 9.17) is 0 Å². The first-order chi connectivity index (χ1) is 9.89. The van der Waals surface area contributed by atoms with Gasteiger partial charge in [0.05, 0.1) is 7.11 Å². The number of ether oxygens (including phenoxy) is 1. The highest BCUT2D eigenvalue weighted by atomic mass is 16.5. The van der Waals surface area contributed by atoms with E-state index in [2.05, 4.69) is 37.5 Å². The molecule has 0 saturated heterocycles. The number of carbonyl (C=O) groups is 2. The fourth-order valence-electron chi connectivity index (χ4n) is 1.91. The number of carbonyl (C=O) groups excluding carboxylic acids is 2. The van der Waals surface area contributed by atoms with Crippen LogP contribution in [-0.4, -0.2) is 61.0 Å². The third-order valence-electron chi connectivity index (χ3n) is 3.82. The molecule has 5 heteroatoms. The second kappa shape index (κ2) is 8.51. The summed E-state index contributed by atoms with van der Waals surface area (Å²) in [7, 11) is 3.45. The summed E-state index contributed by atoms with van der Waals surface area (Å²) in [6, 6.07) is 0. The molecule has 130 valence electrons. The molecule has 1 amide bonds. The molecule has 0 spiro atoms. The number of methoxy groups -OCH3 is 1. The monoisotopic (exact) mass is 314 g/mol. The van der Waals surface area contributed by atoms with Gasteiger partial charge in [0.25, 0.3) is 0 Å². The Morgan fingerprint density at radius 1 is 0.955 bits per heavy atom. The molecule has 0 aromatic rings. The van der Waals surface area contributed by atoms with Crippen LogP contribution in [0.2, 0.25) is 0 Å². The predicted octanol–water partition coefficient (Wildman–Crippen LogP) is 2.54. The lowest BCUT2D eigenvalue weighted by Gasteiger charge is -2.35. The van der Waals surface area contributed by atoms with Crippen LogP contribution >= 0.6 is 0 Å². The highest BCUT2D eigenvalue weighted by Crippen LogP contribution is 2.18. The minimum Gasteiger partial charge on any atom is -0.469 e.